The lowest BCUT2D eigenvalue weighted by molar-refractivity contribution is -0.245. The highest BCUT2D eigenvalue weighted by molar-refractivity contribution is 7.89. The largest absolute Gasteiger partial charge is 0.478 e. The summed E-state index contributed by atoms with van der Waals surface area (Å²) in [6.45, 7) is 11.2. The number of piperidine rings is 1. The van der Waals surface area contributed by atoms with Crippen LogP contribution in [-0.4, -0.2) is 46.9 Å². The summed E-state index contributed by atoms with van der Waals surface area (Å²) in [6.07, 6.45) is 0.865. The van der Waals surface area contributed by atoms with Gasteiger partial charge in [-0.15, -0.1) is 0 Å². The normalized spacial score (nSPS) is 20.7. The number of rotatable bonds is 5. The lowest BCUT2D eigenvalue weighted by Crippen LogP contribution is -2.62. The second-order valence-corrected chi connectivity index (χ2v) is 10.6. The molecule has 0 bridgehead atoms. The predicted octanol–water partition coefficient (Wildman–Crippen LogP) is 3.20. The number of hydrogen-bond acceptors (Lipinski definition) is 5. The minimum atomic E-state index is -3.92. The number of hydroxylamine groups is 2. The second-order valence-electron chi connectivity index (χ2n) is 8.88. The molecule has 0 unspecified atom stereocenters. The molecule has 0 atom stereocenters. The van der Waals surface area contributed by atoms with Crippen molar-refractivity contribution < 1.29 is 23.5 Å². The maximum Gasteiger partial charge on any atom is 0.335 e. The van der Waals surface area contributed by atoms with Crippen LogP contribution in [0.25, 0.3) is 0 Å². The molecular weight excluding hydrogens is 368 g/mol. The van der Waals surface area contributed by atoms with E-state index in [1.165, 1.54) is 17.2 Å². The lowest BCUT2D eigenvalue weighted by atomic mass is 9.79. The summed E-state index contributed by atoms with van der Waals surface area (Å²) < 4.78 is 29.0. The topological polar surface area (TPSA) is 107 Å². The molecule has 1 saturated heterocycles. The van der Waals surface area contributed by atoms with Gasteiger partial charge in [-0.2, -0.15) is 5.06 Å². The van der Waals surface area contributed by atoms with Crippen molar-refractivity contribution in [3.05, 3.63) is 29.3 Å². The number of sulfonamides is 1. The summed E-state index contributed by atoms with van der Waals surface area (Å²) in [6, 6.07) is 3.83. The van der Waals surface area contributed by atoms with Crippen molar-refractivity contribution >= 4 is 16.0 Å². The van der Waals surface area contributed by atoms with E-state index in [0.29, 0.717) is 18.4 Å². The van der Waals surface area contributed by atoms with E-state index in [9.17, 15) is 23.5 Å². The van der Waals surface area contributed by atoms with Gasteiger partial charge in [0.15, 0.2) is 0 Å². The molecule has 0 saturated carbocycles. The monoisotopic (exact) mass is 398 g/mol. The van der Waals surface area contributed by atoms with E-state index in [0.717, 1.165) is 0 Å². The Morgan fingerprint density at radius 3 is 2.15 bits per heavy atom. The van der Waals surface area contributed by atoms with Crippen LogP contribution in [0.15, 0.2) is 23.1 Å². The zero-order chi connectivity index (χ0) is 20.8. The van der Waals surface area contributed by atoms with E-state index in [4.69, 9.17) is 0 Å². The standard InChI is InChI=1S/C19H30N2O5S/c1-12(2)15-8-7-13(17(22)23)9-16(15)27(25,26)20-14-10-18(3,4)21(24)19(5,6)11-14/h7-9,12,14,20,24H,10-11H2,1-6H3,(H,22,23). The van der Waals surface area contributed by atoms with Crippen LogP contribution < -0.4 is 4.72 Å². The van der Waals surface area contributed by atoms with Crippen molar-refractivity contribution in [3.8, 4) is 0 Å². The van der Waals surface area contributed by atoms with Crippen molar-refractivity contribution in [2.24, 2.45) is 0 Å². The van der Waals surface area contributed by atoms with Gasteiger partial charge in [-0.25, -0.2) is 17.9 Å². The van der Waals surface area contributed by atoms with Crippen LogP contribution in [0.3, 0.4) is 0 Å². The molecule has 0 spiro atoms. The molecule has 0 aliphatic carbocycles. The van der Waals surface area contributed by atoms with E-state index < -0.39 is 27.1 Å². The number of hydrogen-bond donors (Lipinski definition) is 3. The lowest BCUT2D eigenvalue weighted by Gasteiger charge is -2.51. The molecule has 1 heterocycles. The van der Waals surface area contributed by atoms with Gasteiger partial charge in [-0.05, 0) is 64.2 Å². The van der Waals surface area contributed by atoms with Crippen LogP contribution in [0.5, 0.6) is 0 Å². The first-order chi connectivity index (χ1) is 12.2. The third-order valence-electron chi connectivity index (χ3n) is 5.13. The van der Waals surface area contributed by atoms with Crippen LogP contribution >= 0.6 is 0 Å². The molecular formula is C19H30N2O5S. The fourth-order valence-electron chi connectivity index (χ4n) is 4.01. The molecule has 152 valence electrons. The highest BCUT2D eigenvalue weighted by Crippen LogP contribution is 2.37. The predicted molar refractivity (Wildman–Crippen MR) is 103 cm³/mol. The van der Waals surface area contributed by atoms with E-state index >= 15 is 0 Å². The first kappa shape index (κ1) is 21.8. The van der Waals surface area contributed by atoms with Gasteiger partial charge in [0.05, 0.1) is 10.5 Å². The molecule has 1 aliphatic rings. The quantitative estimate of drug-likeness (QED) is 0.703. The van der Waals surface area contributed by atoms with Gasteiger partial charge in [0, 0.05) is 17.1 Å². The zero-order valence-electron chi connectivity index (χ0n) is 16.8. The Morgan fingerprint density at radius 1 is 1.19 bits per heavy atom. The maximum absolute atomic E-state index is 13.1. The van der Waals surface area contributed by atoms with Gasteiger partial charge in [-0.3, -0.25) is 0 Å². The van der Waals surface area contributed by atoms with Crippen LogP contribution in [0.2, 0.25) is 0 Å². The average molecular weight is 399 g/mol. The van der Waals surface area contributed by atoms with Gasteiger partial charge in [-0.1, -0.05) is 19.9 Å². The number of benzene rings is 1. The molecule has 2 rings (SSSR count). The first-order valence-corrected chi connectivity index (χ1v) is 10.5. The van der Waals surface area contributed by atoms with Crippen LogP contribution in [0.4, 0.5) is 0 Å². The summed E-state index contributed by atoms with van der Waals surface area (Å²) in [5.41, 5.74) is -0.687. The van der Waals surface area contributed by atoms with Crippen LogP contribution in [-0.2, 0) is 10.0 Å². The highest BCUT2D eigenvalue weighted by Gasteiger charge is 2.46. The Balaban J connectivity index is 2.42. The molecule has 0 amide bonds. The summed E-state index contributed by atoms with van der Waals surface area (Å²) in [5, 5.41) is 20.9. The van der Waals surface area contributed by atoms with Gasteiger partial charge < -0.3 is 10.3 Å². The van der Waals surface area contributed by atoms with E-state index in [-0.39, 0.29) is 22.4 Å². The van der Waals surface area contributed by atoms with Crippen molar-refractivity contribution in [2.75, 3.05) is 0 Å². The Morgan fingerprint density at radius 2 is 1.70 bits per heavy atom. The molecule has 0 radical (unpaired) electrons. The highest BCUT2D eigenvalue weighted by atomic mass is 32.2. The van der Waals surface area contributed by atoms with E-state index in [1.807, 2.05) is 41.5 Å². The maximum atomic E-state index is 13.1. The van der Waals surface area contributed by atoms with Gasteiger partial charge in [0.25, 0.3) is 0 Å². The minimum Gasteiger partial charge on any atom is -0.478 e. The summed E-state index contributed by atoms with van der Waals surface area (Å²) >= 11 is 0. The number of carboxylic acids is 1. The number of nitrogens with zero attached hydrogens (tertiary/aromatic N) is 1. The summed E-state index contributed by atoms with van der Waals surface area (Å²) in [4.78, 5) is 11.3. The number of nitrogens with one attached hydrogen (secondary N) is 1. The third-order valence-corrected chi connectivity index (χ3v) is 6.71. The molecule has 0 aromatic heterocycles. The molecule has 7 nitrogen and oxygen atoms in total. The first-order valence-electron chi connectivity index (χ1n) is 9.06. The molecule has 8 heteroatoms. The molecule has 1 aliphatic heterocycles. The Labute approximate surface area is 161 Å². The van der Waals surface area contributed by atoms with Gasteiger partial charge in [0.2, 0.25) is 10.0 Å². The number of carbonyl (C=O) groups is 1. The van der Waals surface area contributed by atoms with Crippen molar-refractivity contribution in [1.82, 2.24) is 9.79 Å². The fraction of sp³-hybridized carbons (Fsp3) is 0.632. The number of aromatic carboxylic acids is 1. The Bertz CT molecular complexity index is 813. The molecule has 1 aromatic carbocycles. The average Bonchev–Trinajstić information content (AvgIpc) is 2.50. The summed E-state index contributed by atoms with van der Waals surface area (Å²) in [5.74, 6) is -1.25. The van der Waals surface area contributed by atoms with Crippen LogP contribution in [0.1, 0.15) is 76.2 Å². The van der Waals surface area contributed by atoms with Gasteiger partial charge >= 0.3 is 5.97 Å². The second kappa shape index (κ2) is 7.16. The minimum absolute atomic E-state index is 0.000518. The van der Waals surface area contributed by atoms with Crippen LogP contribution in [0, 0.1) is 0 Å². The van der Waals surface area contributed by atoms with Crippen molar-refractivity contribution in [3.63, 3.8) is 0 Å². The van der Waals surface area contributed by atoms with Crippen molar-refractivity contribution in [1.29, 1.82) is 0 Å². The number of carboxylic acid groups (broad SMARTS) is 1. The third kappa shape index (κ3) is 4.51. The van der Waals surface area contributed by atoms with E-state index in [1.54, 1.807) is 6.07 Å². The zero-order valence-corrected chi connectivity index (χ0v) is 17.6. The molecule has 1 aromatic rings. The Kier molecular flexibility index (Phi) is 5.79. The fourth-order valence-corrected chi connectivity index (χ4v) is 5.64. The Hall–Kier alpha value is -1.48. The molecule has 27 heavy (non-hydrogen) atoms. The van der Waals surface area contributed by atoms with Crippen molar-refractivity contribution in [2.45, 2.75) is 82.3 Å². The van der Waals surface area contributed by atoms with E-state index in [2.05, 4.69) is 4.72 Å². The molecule has 1 fully saturated rings. The van der Waals surface area contributed by atoms with Gasteiger partial charge in [0.1, 0.15) is 0 Å². The smallest absolute Gasteiger partial charge is 0.335 e. The summed E-state index contributed by atoms with van der Waals surface area (Å²) in [7, 11) is -3.92. The SMILES string of the molecule is CC(C)c1ccc(C(=O)O)cc1S(=O)(=O)NC1CC(C)(C)N(O)C(C)(C)C1. The molecule has 3 N–H and O–H groups in total.